The second-order valence-electron chi connectivity index (χ2n) is 3.98. The molecule has 76 valence electrons. The summed E-state index contributed by atoms with van der Waals surface area (Å²) in [6, 6.07) is 0.809. The van der Waals surface area contributed by atoms with Crippen molar-refractivity contribution in [2.45, 2.75) is 19.4 Å². The van der Waals surface area contributed by atoms with Gasteiger partial charge in [0, 0.05) is 25.7 Å². The number of likely N-dealkylation sites (tertiary alicyclic amines) is 1. The van der Waals surface area contributed by atoms with Crippen molar-refractivity contribution >= 4 is 0 Å². The number of ether oxygens (including phenoxy) is 1. The Morgan fingerprint density at radius 1 is 1.23 bits per heavy atom. The molecule has 2 aliphatic heterocycles. The molecule has 2 rings (SSSR count). The van der Waals surface area contributed by atoms with E-state index in [1.807, 2.05) is 0 Å². The third kappa shape index (κ3) is 2.22. The lowest BCUT2D eigenvalue weighted by molar-refractivity contribution is 0.0186. The molecule has 0 spiro atoms. The minimum atomic E-state index is 0.809. The van der Waals surface area contributed by atoms with Gasteiger partial charge in [-0.1, -0.05) is 6.92 Å². The normalized spacial score (nSPS) is 32.5. The lowest BCUT2D eigenvalue weighted by Gasteiger charge is -2.32. The molecule has 0 bridgehead atoms. The van der Waals surface area contributed by atoms with E-state index in [2.05, 4.69) is 16.7 Å². The molecule has 0 N–H and O–H groups in total. The second-order valence-corrected chi connectivity index (χ2v) is 3.98. The molecule has 0 aromatic carbocycles. The van der Waals surface area contributed by atoms with Crippen molar-refractivity contribution in [1.29, 1.82) is 0 Å². The van der Waals surface area contributed by atoms with Crippen LogP contribution < -0.4 is 0 Å². The van der Waals surface area contributed by atoms with Crippen LogP contribution in [0.5, 0.6) is 0 Å². The van der Waals surface area contributed by atoms with E-state index in [4.69, 9.17) is 4.74 Å². The lowest BCUT2D eigenvalue weighted by Crippen LogP contribution is -2.44. The van der Waals surface area contributed by atoms with E-state index in [1.54, 1.807) is 0 Å². The predicted octanol–water partition coefficient (Wildman–Crippen LogP) is 0.413. The van der Waals surface area contributed by atoms with Gasteiger partial charge in [-0.05, 0) is 19.5 Å². The van der Waals surface area contributed by atoms with Crippen molar-refractivity contribution in [2.75, 3.05) is 45.9 Å². The van der Waals surface area contributed by atoms with Crippen molar-refractivity contribution in [2.24, 2.45) is 0 Å². The molecule has 0 saturated carbocycles. The Hall–Kier alpha value is -0.120. The Bertz CT molecular complexity index is 157. The SMILES string of the molecule is CCN1CC[C@H](N2CCOCC2)C1. The van der Waals surface area contributed by atoms with Gasteiger partial charge in [-0.15, -0.1) is 0 Å². The zero-order chi connectivity index (χ0) is 9.10. The monoisotopic (exact) mass is 184 g/mol. The van der Waals surface area contributed by atoms with E-state index in [9.17, 15) is 0 Å². The van der Waals surface area contributed by atoms with Gasteiger partial charge in [0.25, 0.3) is 0 Å². The Morgan fingerprint density at radius 2 is 2.00 bits per heavy atom. The van der Waals surface area contributed by atoms with E-state index in [-0.39, 0.29) is 0 Å². The molecule has 2 saturated heterocycles. The fourth-order valence-electron chi connectivity index (χ4n) is 2.34. The number of morpholine rings is 1. The smallest absolute Gasteiger partial charge is 0.0594 e. The van der Waals surface area contributed by atoms with Gasteiger partial charge in [0.2, 0.25) is 0 Å². The first-order valence-electron chi connectivity index (χ1n) is 5.44. The molecule has 0 aromatic heterocycles. The van der Waals surface area contributed by atoms with Crippen LogP contribution in [0, 0.1) is 0 Å². The van der Waals surface area contributed by atoms with Crippen molar-refractivity contribution in [3.63, 3.8) is 0 Å². The van der Waals surface area contributed by atoms with E-state index in [0.717, 1.165) is 32.3 Å². The van der Waals surface area contributed by atoms with Gasteiger partial charge in [0.05, 0.1) is 13.2 Å². The molecule has 0 amide bonds. The summed E-state index contributed by atoms with van der Waals surface area (Å²) in [6.45, 7) is 10.2. The molecular formula is C10H20N2O. The van der Waals surface area contributed by atoms with Crippen molar-refractivity contribution in [1.82, 2.24) is 9.80 Å². The number of likely N-dealkylation sites (N-methyl/N-ethyl adjacent to an activating group) is 1. The van der Waals surface area contributed by atoms with Crippen molar-refractivity contribution in [3.05, 3.63) is 0 Å². The van der Waals surface area contributed by atoms with Crippen LogP contribution in [0.4, 0.5) is 0 Å². The molecular weight excluding hydrogens is 164 g/mol. The van der Waals surface area contributed by atoms with Crippen molar-refractivity contribution in [3.8, 4) is 0 Å². The quantitative estimate of drug-likeness (QED) is 0.618. The lowest BCUT2D eigenvalue weighted by atomic mass is 10.2. The molecule has 13 heavy (non-hydrogen) atoms. The van der Waals surface area contributed by atoms with Gasteiger partial charge in [-0.2, -0.15) is 0 Å². The van der Waals surface area contributed by atoms with Crippen LogP contribution in [-0.2, 0) is 4.74 Å². The minimum absolute atomic E-state index is 0.809. The fourth-order valence-corrected chi connectivity index (χ4v) is 2.34. The maximum Gasteiger partial charge on any atom is 0.0594 e. The molecule has 1 atom stereocenters. The van der Waals surface area contributed by atoms with E-state index >= 15 is 0 Å². The summed E-state index contributed by atoms with van der Waals surface area (Å²) in [5.74, 6) is 0. The largest absolute Gasteiger partial charge is 0.379 e. The molecule has 2 heterocycles. The van der Waals surface area contributed by atoms with Crippen LogP contribution in [0.15, 0.2) is 0 Å². The molecule has 0 radical (unpaired) electrons. The third-order valence-electron chi connectivity index (χ3n) is 3.26. The summed E-state index contributed by atoms with van der Waals surface area (Å²) >= 11 is 0. The molecule has 0 aliphatic carbocycles. The Kier molecular flexibility index (Phi) is 3.19. The standard InChI is InChI=1S/C10H20N2O/c1-2-11-4-3-10(9-11)12-5-7-13-8-6-12/h10H,2-9H2,1H3/t10-/m0/s1. The van der Waals surface area contributed by atoms with Gasteiger partial charge in [0.15, 0.2) is 0 Å². The topological polar surface area (TPSA) is 15.7 Å². The Morgan fingerprint density at radius 3 is 2.62 bits per heavy atom. The molecule has 3 heteroatoms. The van der Waals surface area contributed by atoms with Crippen LogP contribution in [0.2, 0.25) is 0 Å². The van der Waals surface area contributed by atoms with E-state index < -0.39 is 0 Å². The molecule has 2 fully saturated rings. The average Bonchev–Trinajstić information content (AvgIpc) is 2.67. The summed E-state index contributed by atoms with van der Waals surface area (Å²) < 4.78 is 5.36. The molecule has 3 nitrogen and oxygen atoms in total. The van der Waals surface area contributed by atoms with Crippen LogP contribution in [0.1, 0.15) is 13.3 Å². The van der Waals surface area contributed by atoms with Gasteiger partial charge >= 0.3 is 0 Å². The first kappa shape index (κ1) is 9.44. The summed E-state index contributed by atoms with van der Waals surface area (Å²) in [4.78, 5) is 5.14. The zero-order valence-corrected chi connectivity index (χ0v) is 8.54. The average molecular weight is 184 g/mol. The van der Waals surface area contributed by atoms with Crippen LogP contribution in [-0.4, -0.2) is 61.8 Å². The van der Waals surface area contributed by atoms with Crippen LogP contribution in [0.25, 0.3) is 0 Å². The number of hydrogen-bond donors (Lipinski definition) is 0. The van der Waals surface area contributed by atoms with Crippen LogP contribution in [0.3, 0.4) is 0 Å². The molecule has 0 unspecified atom stereocenters. The summed E-state index contributed by atoms with van der Waals surface area (Å²) in [5, 5.41) is 0. The maximum atomic E-state index is 5.36. The molecule has 2 aliphatic rings. The maximum absolute atomic E-state index is 5.36. The summed E-state index contributed by atoms with van der Waals surface area (Å²) in [5.41, 5.74) is 0. The highest BCUT2D eigenvalue weighted by atomic mass is 16.5. The van der Waals surface area contributed by atoms with Gasteiger partial charge < -0.3 is 9.64 Å². The molecule has 0 aromatic rings. The summed E-state index contributed by atoms with van der Waals surface area (Å²) in [7, 11) is 0. The van der Waals surface area contributed by atoms with Crippen molar-refractivity contribution < 1.29 is 4.74 Å². The van der Waals surface area contributed by atoms with E-state index in [1.165, 1.54) is 26.1 Å². The Balaban J connectivity index is 1.80. The number of nitrogens with zero attached hydrogens (tertiary/aromatic N) is 2. The second kappa shape index (κ2) is 4.40. The first-order valence-corrected chi connectivity index (χ1v) is 5.44. The van der Waals surface area contributed by atoms with Crippen LogP contribution >= 0.6 is 0 Å². The zero-order valence-electron chi connectivity index (χ0n) is 8.54. The highest BCUT2D eigenvalue weighted by Gasteiger charge is 2.27. The highest BCUT2D eigenvalue weighted by Crippen LogP contribution is 2.16. The third-order valence-corrected chi connectivity index (χ3v) is 3.26. The fraction of sp³-hybridized carbons (Fsp3) is 1.00. The van der Waals surface area contributed by atoms with Gasteiger partial charge in [0.1, 0.15) is 0 Å². The predicted molar refractivity (Wildman–Crippen MR) is 52.9 cm³/mol. The minimum Gasteiger partial charge on any atom is -0.379 e. The highest BCUT2D eigenvalue weighted by molar-refractivity contribution is 4.83. The Labute approximate surface area is 80.6 Å². The first-order chi connectivity index (χ1) is 6.40. The summed E-state index contributed by atoms with van der Waals surface area (Å²) in [6.07, 6.45) is 1.36. The number of hydrogen-bond acceptors (Lipinski definition) is 3. The van der Waals surface area contributed by atoms with E-state index in [0.29, 0.717) is 0 Å². The number of rotatable bonds is 2. The van der Waals surface area contributed by atoms with Gasteiger partial charge in [-0.25, -0.2) is 0 Å². The van der Waals surface area contributed by atoms with Gasteiger partial charge in [-0.3, -0.25) is 4.90 Å².